The standard InChI is InChI=1S/C16H24N2O3/c1-18(9-10-21-11-13-7-8-13)12-16(17,15(19)20)14-5-3-2-4-6-14/h2-6,13H,7-12,17H2,1H3,(H,19,20). The van der Waals surface area contributed by atoms with E-state index in [1.54, 1.807) is 24.3 Å². The molecular formula is C16H24N2O3. The Bertz CT molecular complexity index is 462. The molecule has 5 heteroatoms. The van der Waals surface area contributed by atoms with Crippen molar-refractivity contribution in [2.45, 2.75) is 18.4 Å². The van der Waals surface area contributed by atoms with Gasteiger partial charge in [0.25, 0.3) is 0 Å². The number of carbonyl (C=O) groups is 1. The first-order valence-corrected chi connectivity index (χ1v) is 7.36. The van der Waals surface area contributed by atoms with Crippen LogP contribution in [0.25, 0.3) is 0 Å². The fourth-order valence-corrected chi connectivity index (χ4v) is 2.28. The minimum absolute atomic E-state index is 0.249. The number of rotatable bonds is 9. The van der Waals surface area contributed by atoms with E-state index in [1.165, 1.54) is 12.8 Å². The van der Waals surface area contributed by atoms with Gasteiger partial charge in [0.2, 0.25) is 0 Å². The largest absolute Gasteiger partial charge is 0.480 e. The van der Waals surface area contributed by atoms with Gasteiger partial charge in [0, 0.05) is 19.7 Å². The molecule has 1 atom stereocenters. The monoisotopic (exact) mass is 292 g/mol. The Kier molecular flexibility index (Phi) is 5.33. The van der Waals surface area contributed by atoms with Gasteiger partial charge in [-0.25, -0.2) is 4.79 Å². The summed E-state index contributed by atoms with van der Waals surface area (Å²) in [7, 11) is 1.87. The van der Waals surface area contributed by atoms with Crippen molar-refractivity contribution < 1.29 is 14.6 Å². The minimum Gasteiger partial charge on any atom is -0.480 e. The highest BCUT2D eigenvalue weighted by molar-refractivity contribution is 5.80. The molecule has 0 bridgehead atoms. The smallest absolute Gasteiger partial charge is 0.329 e. The summed E-state index contributed by atoms with van der Waals surface area (Å²) in [5.41, 5.74) is 5.36. The Labute approximate surface area is 125 Å². The fourth-order valence-electron chi connectivity index (χ4n) is 2.28. The van der Waals surface area contributed by atoms with Crippen LogP contribution in [0.3, 0.4) is 0 Å². The van der Waals surface area contributed by atoms with Crippen LogP contribution in [0.1, 0.15) is 18.4 Å². The number of benzene rings is 1. The number of hydrogen-bond donors (Lipinski definition) is 2. The molecule has 1 aromatic rings. The molecule has 0 saturated heterocycles. The van der Waals surface area contributed by atoms with Crippen molar-refractivity contribution in [3.8, 4) is 0 Å². The zero-order chi connectivity index (χ0) is 15.3. The molecule has 2 rings (SSSR count). The van der Waals surface area contributed by atoms with Crippen LogP contribution in [-0.4, -0.2) is 49.3 Å². The molecule has 0 aromatic heterocycles. The van der Waals surface area contributed by atoms with Crippen LogP contribution in [0.15, 0.2) is 30.3 Å². The quantitative estimate of drug-likeness (QED) is 0.671. The van der Waals surface area contributed by atoms with E-state index in [0.29, 0.717) is 18.7 Å². The molecule has 1 unspecified atom stereocenters. The molecule has 0 amide bonds. The Morgan fingerprint density at radius 3 is 2.67 bits per heavy atom. The van der Waals surface area contributed by atoms with Crippen molar-refractivity contribution in [3.05, 3.63) is 35.9 Å². The van der Waals surface area contributed by atoms with Gasteiger partial charge >= 0.3 is 5.97 Å². The zero-order valence-corrected chi connectivity index (χ0v) is 12.5. The van der Waals surface area contributed by atoms with Crippen molar-refractivity contribution >= 4 is 5.97 Å². The maximum Gasteiger partial charge on any atom is 0.329 e. The van der Waals surface area contributed by atoms with E-state index in [9.17, 15) is 9.90 Å². The molecule has 0 heterocycles. The molecule has 3 N–H and O–H groups in total. The number of hydrogen-bond acceptors (Lipinski definition) is 4. The molecule has 1 aromatic carbocycles. The second kappa shape index (κ2) is 7.02. The van der Waals surface area contributed by atoms with E-state index in [0.717, 1.165) is 12.5 Å². The minimum atomic E-state index is -1.40. The first-order valence-electron chi connectivity index (χ1n) is 7.36. The van der Waals surface area contributed by atoms with E-state index < -0.39 is 11.5 Å². The second-order valence-corrected chi connectivity index (χ2v) is 5.90. The van der Waals surface area contributed by atoms with Gasteiger partial charge in [-0.1, -0.05) is 30.3 Å². The van der Waals surface area contributed by atoms with Crippen LogP contribution in [0, 0.1) is 5.92 Å². The summed E-state index contributed by atoms with van der Waals surface area (Å²) in [6.07, 6.45) is 2.55. The molecule has 5 nitrogen and oxygen atoms in total. The summed E-state index contributed by atoms with van der Waals surface area (Å²) in [4.78, 5) is 13.5. The lowest BCUT2D eigenvalue weighted by molar-refractivity contribution is -0.144. The molecule has 1 aliphatic carbocycles. The molecule has 1 saturated carbocycles. The maximum absolute atomic E-state index is 11.6. The topological polar surface area (TPSA) is 75.8 Å². The molecule has 0 aliphatic heterocycles. The van der Waals surface area contributed by atoms with Crippen LogP contribution in [0.5, 0.6) is 0 Å². The highest BCUT2D eigenvalue weighted by Gasteiger charge is 2.37. The van der Waals surface area contributed by atoms with Gasteiger partial charge in [0.15, 0.2) is 5.54 Å². The third kappa shape index (κ3) is 4.52. The van der Waals surface area contributed by atoms with Crippen molar-refractivity contribution in [1.29, 1.82) is 0 Å². The van der Waals surface area contributed by atoms with Gasteiger partial charge in [-0.3, -0.25) is 0 Å². The summed E-state index contributed by atoms with van der Waals surface area (Å²) >= 11 is 0. The van der Waals surface area contributed by atoms with Crippen molar-refractivity contribution in [1.82, 2.24) is 4.90 Å². The molecular weight excluding hydrogens is 268 g/mol. The summed E-state index contributed by atoms with van der Waals surface area (Å²) in [5, 5.41) is 9.50. The normalized spacial score (nSPS) is 17.7. The highest BCUT2D eigenvalue weighted by atomic mass is 16.5. The Morgan fingerprint density at radius 1 is 1.43 bits per heavy atom. The van der Waals surface area contributed by atoms with Crippen molar-refractivity contribution in [3.63, 3.8) is 0 Å². The molecule has 1 aliphatic rings. The van der Waals surface area contributed by atoms with Gasteiger partial charge in [-0.2, -0.15) is 0 Å². The van der Waals surface area contributed by atoms with Crippen molar-refractivity contribution in [2.24, 2.45) is 11.7 Å². The van der Waals surface area contributed by atoms with Crippen LogP contribution >= 0.6 is 0 Å². The van der Waals surface area contributed by atoms with E-state index >= 15 is 0 Å². The summed E-state index contributed by atoms with van der Waals surface area (Å²) in [6, 6.07) is 8.97. The average molecular weight is 292 g/mol. The number of ether oxygens (including phenoxy) is 1. The van der Waals surface area contributed by atoms with Crippen LogP contribution in [0.2, 0.25) is 0 Å². The first-order chi connectivity index (χ1) is 10.0. The second-order valence-electron chi connectivity index (χ2n) is 5.90. The van der Waals surface area contributed by atoms with Crippen LogP contribution < -0.4 is 5.73 Å². The lowest BCUT2D eigenvalue weighted by Crippen LogP contribution is -2.53. The zero-order valence-electron chi connectivity index (χ0n) is 12.5. The molecule has 0 spiro atoms. The van der Waals surface area contributed by atoms with E-state index in [2.05, 4.69) is 0 Å². The Morgan fingerprint density at radius 2 is 2.10 bits per heavy atom. The number of nitrogens with two attached hydrogens (primary N) is 1. The number of carboxylic acid groups (broad SMARTS) is 1. The van der Waals surface area contributed by atoms with Crippen LogP contribution in [-0.2, 0) is 15.1 Å². The number of carboxylic acids is 1. The molecule has 0 radical (unpaired) electrons. The summed E-state index contributed by atoms with van der Waals surface area (Å²) in [6.45, 7) is 2.35. The number of nitrogens with zero attached hydrogens (tertiary/aromatic N) is 1. The highest BCUT2D eigenvalue weighted by Crippen LogP contribution is 2.28. The summed E-state index contributed by atoms with van der Waals surface area (Å²) in [5.74, 6) is -0.272. The average Bonchev–Trinajstić information content (AvgIpc) is 3.28. The van der Waals surface area contributed by atoms with Gasteiger partial charge in [0.05, 0.1) is 6.61 Å². The SMILES string of the molecule is CN(CCOCC1CC1)CC(N)(C(=O)O)c1ccccc1. The number of aliphatic carboxylic acids is 1. The molecule has 21 heavy (non-hydrogen) atoms. The third-order valence-electron chi connectivity index (χ3n) is 3.86. The van der Waals surface area contributed by atoms with E-state index in [4.69, 9.17) is 10.5 Å². The Balaban J connectivity index is 1.87. The fraction of sp³-hybridized carbons (Fsp3) is 0.562. The first kappa shape index (κ1) is 15.9. The summed E-state index contributed by atoms with van der Waals surface area (Å²) < 4.78 is 5.58. The number of likely N-dealkylation sites (N-methyl/N-ethyl adjacent to an activating group) is 1. The maximum atomic E-state index is 11.6. The Hall–Kier alpha value is -1.43. The molecule has 116 valence electrons. The van der Waals surface area contributed by atoms with Gasteiger partial charge in [-0.05, 0) is 31.4 Å². The van der Waals surface area contributed by atoms with Gasteiger partial charge in [0.1, 0.15) is 0 Å². The molecule has 1 fully saturated rings. The van der Waals surface area contributed by atoms with Gasteiger partial charge < -0.3 is 20.5 Å². The third-order valence-corrected chi connectivity index (χ3v) is 3.86. The van der Waals surface area contributed by atoms with E-state index in [-0.39, 0.29) is 6.54 Å². The lowest BCUT2D eigenvalue weighted by Gasteiger charge is -2.30. The van der Waals surface area contributed by atoms with E-state index in [1.807, 2.05) is 18.0 Å². The van der Waals surface area contributed by atoms with Gasteiger partial charge in [-0.15, -0.1) is 0 Å². The predicted octanol–water partition coefficient (Wildman–Crippen LogP) is 1.28. The van der Waals surface area contributed by atoms with Crippen molar-refractivity contribution in [2.75, 3.05) is 33.4 Å². The van der Waals surface area contributed by atoms with Crippen LogP contribution in [0.4, 0.5) is 0 Å². The predicted molar refractivity (Wildman–Crippen MR) is 81.0 cm³/mol. The lowest BCUT2D eigenvalue weighted by atomic mass is 9.90.